The Hall–Kier alpha value is -13.7. The first-order chi connectivity index (χ1) is 55.1. The van der Waals surface area contributed by atoms with Gasteiger partial charge in [0.2, 0.25) is 0 Å². The van der Waals surface area contributed by atoms with Gasteiger partial charge in [0.15, 0.2) is 0 Å². The van der Waals surface area contributed by atoms with Gasteiger partial charge in [0.1, 0.15) is 0 Å². The first kappa shape index (κ1) is 64.3. The quantitative estimate of drug-likeness (QED) is 0.135. The first-order valence-electron chi connectivity index (χ1n) is 39.5. The van der Waals surface area contributed by atoms with Crippen LogP contribution in [0.1, 0.15) is 94.5 Å². The monoisotopic (exact) mass is 1420 g/mol. The summed E-state index contributed by atoms with van der Waals surface area (Å²) in [6, 6.07) is 147. The lowest BCUT2D eigenvalue weighted by Gasteiger charge is -2.33. The van der Waals surface area contributed by atoms with Gasteiger partial charge in [0.05, 0.1) is 22.2 Å². The van der Waals surface area contributed by atoms with Crippen LogP contribution in [0.15, 0.2) is 388 Å². The van der Waals surface area contributed by atoms with Gasteiger partial charge < -0.3 is 9.80 Å². The van der Waals surface area contributed by atoms with Crippen LogP contribution in [0.2, 0.25) is 0 Å². The largest absolute Gasteiger partial charge is 0.310 e. The fraction of sp³-hybridized carbons (Fsp3) is 0.0727. The molecule has 17 aromatic rings. The lowest BCUT2D eigenvalue weighted by Crippen LogP contribution is -2.26. The number of hydrogen-bond acceptors (Lipinski definition) is 2. The van der Waals surface area contributed by atoms with Crippen molar-refractivity contribution in [1.82, 2.24) is 0 Å². The van der Waals surface area contributed by atoms with Crippen LogP contribution in [0.4, 0.5) is 34.1 Å². The van der Waals surface area contributed by atoms with Crippen molar-refractivity contribution in [3.63, 3.8) is 0 Å². The molecule has 6 aliphatic carbocycles. The molecule has 0 unspecified atom stereocenters. The van der Waals surface area contributed by atoms with Crippen molar-refractivity contribution in [2.75, 3.05) is 9.80 Å². The van der Waals surface area contributed by atoms with E-state index in [-0.39, 0.29) is 10.8 Å². The second-order valence-corrected chi connectivity index (χ2v) is 32.5. The zero-order valence-electron chi connectivity index (χ0n) is 62.8. The third-order valence-corrected chi connectivity index (χ3v) is 26.3. The zero-order chi connectivity index (χ0) is 74.3. The van der Waals surface area contributed by atoms with E-state index in [2.05, 4.69) is 426 Å². The van der Waals surface area contributed by atoms with Gasteiger partial charge in [-0.15, -0.1) is 0 Å². The molecule has 0 N–H and O–H groups in total. The summed E-state index contributed by atoms with van der Waals surface area (Å²) < 4.78 is 0. The highest BCUT2D eigenvalue weighted by Gasteiger charge is 2.54. The summed E-state index contributed by atoms with van der Waals surface area (Å²) in [6.07, 6.45) is 0. The average Bonchev–Trinajstić information content (AvgIpc) is 1.51. The Morgan fingerprint density at radius 2 is 0.455 bits per heavy atom. The predicted molar refractivity (Wildman–Crippen MR) is 465 cm³/mol. The molecule has 0 saturated carbocycles. The van der Waals surface area contributed by atoms with E-state index >= 15 is 0 Å². The molecule has 23 rings (SSSR count). The van der Waals surface area contributed by atoms with Crippen molar-refractivity contribution in [1.29, 1.82) is 0 Å². The van der Waals surface area contributed by atoms with Crippen LogP contribution in [0.5, 0.6) is 0 Å². The Morgan fingerprint density at radius 1 is 0.161 bits per heavy atom. The van der Waals surface area contributed by atoms with E-state index in [1.165, 1.54) is 178 Å². The SMILES string of the molecule is CC1(C)c2ccccc2-c2ccc(N(c3ccc(-c4ccc(-c5cccc(-c6ccc7c(c6)C(C)(C)c6cc(N(c8ccccc8-c8ccccc8)c8cccc9c8-c8ccccc8C98c9ccccc9-c9ccccc98)ccc6-7)c5)cc4)cc3)c3ccc4c(c3)C3(c5ccccc5-c5ccccc53)c3ccccc3-4)cc21. The van der Waals surface area contributed by atoms with Crippen LogP contribution in [0.25, 0.3) is 111 Å². The van der Waals surface area contributed by atoms with E-state index in [0.29, 0.717) is 0 Å². The van der Waals surface area contributed by atoms with Gasteiger partial charge >= 0.3 is 0 Å². The number of fused-ring (bicyclic) bond motifs is 26. The maximum absolute atomic E-state index is 2.57. The second-order valence-electron chi connectivity index (χ2n) is 32.5. The number of benzene rings is 17. The molecule has 0 fully saturated rings. The highest BCUT2D eigenvalue weighted by molar-refractivity contribution is 6.04. The fourth-order valence-corrected chi connectivity index (χ4v) is 21.3. The summed E-state index contributed by atoms with van der Waals surface area (Å²) in [5.74, 6) is 0. The van der Waals surface area contributed by atoms with Crippen LogP contribution in [0, 0.1) is 0 Å². The Kier molecular flexibility index (Phi) is 13.7. The summed E-state index contributed by atoms with van der Waals surface area (Å²) in [7, 11) is 0. The molecule has 2 nitrogen and oxygen atoms in total. The summed E-state index contributed by atoms with van der Waals surface area (Å²) in [5.41, 5.74) is 46.4. The van der Waals surface area contributed by atoms with E-state index in [1.807, 2.05) is 0 Å². The molecule has 0 saturated heterocycles. The number of hydrogen-bond donors (Lipinski definition) is 0. The molecule has 6 aliphatic rings. The van der Waals surface area contributed by atoms with Crippen LogP contribution in [0.3, 0.4) is 0 Å². The summed E-state index contributed by atoms with van der Waals surface area (Å²) in [4.78, 5) is 5.07. The fourth-order valence-electron chi connectivity index (χ4n) is 21.3. The van der Waals surface area contributed by atoms with Crippen molar-refractivity contribution in [2.45, 2.75) is 49.4 Å². The minimum Gasteiger partial charge on any atom is -0.310 e. The molecule has 0 aliphatic heterocycles. The molecule has 0 aromatic heterocycles. The maximum Gasteiger partial charge on any atom is 0.0726 e. The highest BCUT2D eigenvalue weighted by atomic mass is 15.2. The van der Waals surface area contributed by atoms with E-state index < -0.39 is 10.8 Å². The van der Waals surface area contributed by atoms with Crippen LogP contribution in [-0.4, -0.2) is 0 Å². The van der Waals surface area contributed by atoms with Crippen molar-refractivity contribution in [2.24, 2.45) is 0 Å². The van der Waals surface area contributed by atoms with Crippen LogP contribution < -0.4 is 9.80 Å². The summed E-state index contributed by atoms with van der Waals surface area (Å²) in [5, 5.41) is 0. The molecule has 17 aromatic carbocycles. The number of rotatable bonds is 10. The van der Waals surface area contributed by atoms with Gasteiger partial charge in [-0.05, 0) is 240 Å². The molecule has 0 atom stereocenters. The standard InChI is InChI=1S/C110H76N2/c1-107(2)92-38-16-8-31-81(92)88-61-57-77(66-101(88)107)111(78-58-63-90-86-36-13-21-43-97(86)110(103(90)68-78)95-41-19-11-34-84(95)85-35-12-20-42-96(85)110)76-55-52-70(53-56-76)69-48-50-71(51-49-69)73-28-24-29-74(64-73)75-54-60-87-89-62-59-79(67-102(89)108(3,4)100(87)65-75)112(104-46-23-15-30-80(104)72-26-6-5-7-27-72)105-47-25-45-99-106(105)91-37-14-22-44-98(91)109(99)93-39-17-9-32-82(93)83-33-10-18-40-94(83)109/h5-68H,1-4H3. The predicted octanol–water partition coefficient (Wildman–Crippen LogP) is 28.6. The molecule has 0 radical (unpaired) electrons. The number of nitrogens with zero attached hydrogens (tertiary/aromatic N) is 2. The maximum atomic E-state index is 2.57. The van der Waals surface area contributed by atoms with E-state index in [0.717, 1.165) is 34.1 Å². The van der Waals surface area contributed by atoms with Crippen molar-refractivity contribution in [3.8, 4) is 111 Å². The van der Waals surface area contributed by atoms with Crippen molar-refractivity contribution < 1.29 is 0 Å². The Balaban J connectivity index is 0.578. The normalized spacial score (nSPS) is 14.5. The van der Waals surface area contributed by atoms with Gasteiger partial charge in [0, 0.05) is 44.7 Å². The second kappa shape index (κ2) is 23.9. The van der Waals surface area contributed by atoms with Gasteiger partial charge in [-0.25, -0.2) is 0 Å². The van der Waals surface area contributed by atoms with Gasteiger partial charge in [0.25, 0.3) is 0 Å². The molecular formula is C110H76N2. The zero-order valence-corrected chi connectivity index (χ0v) is 62.8. The third kappa shape index (κ3) is 8.86. The first-order valence-corrected chi connectivity index (χ1v) is 39.5. The van der Waals surface area contributed by atoms with E-state index in [4.69, 9.17) is 0 Å². The van der Waals surface area contributed by atoms with Gasteiger partial charge in [-0.2, -0.15) is 0 Å². The minimum atomic E-state index is -0.482. The molecule has 0 amide bonds. The summed E-state index contributed by atoms with van der Waals surface area (Å²) in [6.45, 7) is 9.62. The lowest BCUT2D eigenvalue weighted by molar-refractivity contribution is 0.660. The topological polar surface area (TPSA) is 6.48 Å². The Bertz CT molecular complexity index is 6720. The van der Waals surface area contributed by atoms with Gasteiger partial charge in [-0.3, -0.25) is 0 Å². The number of anilines is 6. The smallest absolute Gasteiger partial charge is 0.0726 e. The molecule has 2 heteroatoms. The lowest BCUT2D eigenvalue weighted by atomic mass is 9.70. The Morgan fingerprint density at radius 3 is 0.982 bits per heavy atom. The molecule has 2 spiro atoms. The van der Waals surface area contributed by atoms with E-state index in [9.17, 15) is 0 Å². The molecule has 526 valence electrons. The number of para-hydroxylation sites is 1. The molecule has 0 heterocycles. The van der Waals surface area contributed by atoms with Crippen molar-refractivity contribution in [3.05, 3.63) is 455 Å². The van der Waals surface area contributed by atoms with Crippen molar-refractivity contribution >= 4 is 34.1 Å². The van der Waals surface area contributed by atoms with Crippen LogP contribution in [-0.2, 0) is 21.7 Å². The molecule has 112 heavy (non-hydrogen) atoms. The minimum absolute atomic E-state index is 0.170. The highest BCUT2D eigenvalue weighted by Crippen LogP contribution is 2.67. The third-order valence-electron chi connectivity index (χ3n) is 26.3. The van der Waals surface area contributed by atoms with E-state index in [1.54, 1.807) is 0 Å². The van der Waals surface area contributed by atoms with Crippen LogP contribution >= 0.6 is 0 Å². The van der Waals surface area contributed by atoms with Gasteiger partial charge in [-0.1, -0.05) is 343 Å². The Labute approximate surface area is 655 Å². The molecular weight excluding hydrogens is 1350 g/mol. The average molecular weight is 1430 g/mol. The summed E-state index contributed by atoms with van der Waals surface area (Å²) >= 11 is 0. The molecule has 0 bridgehead atoms.